The van der Waals surface area contributed by atoms with Crippen molar-refractivity contribution in [3.63, 3.8) is 0 Å². The van der Waals surface area contributed by atoms with Gasteiger partial charge in [0.1, 0.15) is 11.5 Å². The molecule has 0 aliphatic heterocycles. The monoisotopic (exact) mass is 388 g/mol. The fourth-order valence-corrected chi connectivity index (χ4v) is 2.56. The van der Waals surface area contributed by atoms with E-state index in [0.717, 1.165) is 0 Å². The molecule has 1 heterocycles. The lowest BCUT2D eigenvalue weighted by atomic mass is 10.1. The summed E-state index contributed by atoms with van der Waals surface area (Å²) in [4.78, 5) is 12.5. The van der Waals surface area contributed by atoms with Crippen LogP contribution in [0, 0.1) is 5.82 Å². The third kappa shape index (κ3) is 2.79. The molecule has 0 spiro atoms. The third-order valence-electron chi connectivity index (χ3n) is 2.63. The first-order chi connectivity index (χ1) is 8.91. The zero-order chi connectivity index (χ0) is 14.2. The molecule has 1 aromatic carbocycles. The number of carbonyl (C=O) groups excluding carboxylic acids is 1. The molecule has 0 unspecified atom stereocenters. The Bertz CT molecular complexity index is 638. The van der Waals surface area contributed by atoms with Crippen LogP contribution in [0.1, 0.15) is 35.9 Å². The average Bonchev–Trinajstić information content (AvgIpc) is 2.73. The fourth-order valence-electron chi connectivity index (χ4n) is 1.74. The van der Waals surface area contributed by atoms with E-state index in [0.29, 0.717) is 14.6 Å². The average molecular weight is 390 g/mol. The Labute approximate surface area is 127 Å². The molecular formula is C13H11Br2FN2O. The van der Waals surface area contributed by atoms with Gasteiger partial charge in [-0.1, -0.05) is 15.9 Å². The molecule has 2 aromatic rings. The molecule has 0 aliphatic rings. The molecule has 2 rings (SSSR count). The number of aromatic nitrogens is 2. The van der Waals surface area contributed by atoms with E-state index in [-0.39, 0.29) is 11.6 Å². The zero-order valence-corrected chi connectivity index (χ0v) is 13.5. The number of hydrogen-bond donors (Lipinski definition) is 0. The lowest BCUT2D eigenvalue weighted by Gasteiger charge is -2.11. The molecule has 0 saturated carbocycles. The maximum Gasteiger partial charge on any atom is 0.215 e. The van der Waals surface area contributed by atoms with Crippen LogP contribution in [0.25, 0.3) is 0 Å². The summed E-state index contributed by atoms with van der Waals surface area (Å²) in [6, 6.07) is 4.31. The largest absolute Gasteiger partial charge is 0.287 e. The Hall–Kier alpha value is -1.01. The second-order valence-corrected chi connectivity index (χ2v) is 6.10. The van der Waals surface area contributed by atoms with Crippen molar-refractivity contribution in [3.8, 4) is 0 Å². The van der Waals surface area contributed by atoms with Crippen molar-refractivity contribution in [1.82, 2.24) is 9.78 Å². The maximum atomic E-state index is 13.8. The van der Waals surface area contributed by atoms with Crippen molar-refractivity contribution in [1.29, 1.82) is 0 Å². The summed E-state index contributed by atoms with van der Waals surface area (Å²) in [6.07, 6.45) is 1.54. The predicted octanol–water partition coefficient (Wildman–Crippen LogP) is 4.36. The van der Waals surface area contributed by atoms with Crippen LogP contribution in [0.2, 0.25) is 0 Å². The molecule has 0 bridgehead atoms. The van der Waals surface area contributed by atoms with Crippen LogP contribution >= 0.6 is 31.9 Å². The molecule has 0 amide bonds. The minimum atomic E-state index is -0.545. The van der Waals surface area contributed by atoms with Gasteiger partial charge in [0.25, 0.3) is 0 Å². The highest BCUT2D eigenvalue weighted by molar-refractivity contribution is 9.10. The van der Waals surface area contributed by atoms with Crippen molar-refractivity contribution in [2.75, 3.05) is 0 Å². The standard InChI is InChI=1S/C13H11Br2FN2O/c1-7(2)18-12(10(15)6-17-18)13(19)9-5-8(14)3-4-11(9)16/h3-7H,1-2H3. The van der Waals surface area contributed by atoms with Gasteiger partial charge in [0.05, 0.1) is 16.2 Å². The van der Waals surface area contributed by atoms with E-state index in [9.17, 15) is 9.18 Å². The molecule has 0 radical (unpaired) electrons. The summed E-state index contributed by atoms with van der Waals surface area (Å²) in [7, 11) is 0. The SMILES string of the molecule is CC(C)n1ncc(Br)c1C(=O)c1cc(Br)ccc1F. The number of hydrogen-bond acceptors (Lipinski definition) is 2. The highest BCUT2D eigenvalue weighted by Crippen LogP contribution is 2.25. The Kier molecular flexibility index (Phi) is 4.20. The zero-order valence-electron chi connectivity index (χ0n) is 10.3. The van der Waals surface area contributed by atoms with Crippen molar-refractivity contribution < 1.29 is 9.18 Å². The van der Waals surface area contributed by atoms with Crippen LogP contribution in [-0.4, -0.2) is 15.6 Å². The molecule has 0 atom stereocenters. The summed E-state index contributed by atoms with van der Waals surface area (Å²) in [6.45, 7) is 3.82. The quantitative estimate of drug-likeness (QED) is 0.731. The summed E-state index contributed by atoms with van der Waals surface area (Å²) >= 11 is 6.53. The highest BCUT2D eigenvalue weighted by Gasteiger charge is 2.23. The summed E-state index contributed by atoms with van der Waals surface area (Å²) in [5, 5.41) is 4.13. The Morgan fingerprint density at radius 2 is 2.05 bits per heavy atom. The molecule has 3 nitrogen and oxygen atoms in total. The van der Waals surface area contributed by atoms with Gasteiger partial charge in [0, 0.05) is 10.5 Å². The van der Waals surface area contributed by atoms with E-state index in [2.05, 4.69) is 37.0 Å². The van der Waals surface area contributed by atoms with Crippen LogP contribution in [0.5, 0.6) is 0 Å². The minimum absolute atomic E-state index is 0.0143. The number of ketones is 1. The van der Waals surface area contributed by atoms with Gasteiger partial charge in [0.15, 0.2) is 0 Å². The minimum Gasteiger partial charge on any atom is -0.287 e. The normalized spacial score (nSPS) is 11.1. The van der Waals surface area contributed by atoms with Crippen LogP contribution in [-0.2, 0) is 0 Å². The molecule has 19 heavy (non-hydrogen) atoms. The lowest BCUT2D eigenvalue weighted by Crippen LogP contribution is -2.15. The van der Waals surface area contributed by atoms with Crippen molar-refractivity contribution in [2.45, 2.75) is 19.9 Å². The van der Waals surface area contributed by atoms with Crippen LogP contribution in [0.15, 0.2) is 33.3 Å². The Morgan fingerprint density at radius 1 is 1.37 bits per heavy atom. The van der Waals surface area contributed by atoms with E-state index in [1.807, 2.05) is 13.8 Å². The molecule has 0 aliphatic carbocycles. The number of rotatable bonds is 3. The summed E-state index contributed by atoms with van der Waals surface area (Å²) in [5.41, 5.74) is 0.379. The van der Waals surface area contributed by atoms with Crippen molar-refractivity contribution >= 4 is 37.6 Å². The van der Waals surface area contributed by atoms with Gasteiger partial charge in [-0.3, -0.25) is 9.48 Å². The fraction of sp³-hybridized carbons (Fsp3) is 0.231. The molecule has 0 saturated heterocycles. The molecule has 0 fully saturated rings. The Morgan fingerprint density at radius 3 is 2.68 bits per heavy atom. The lowest BCUT2D eigenvalue weighted by molar-refractivity contribution is 0.102. The first-order valence-electron chi connectivity index (χ1n) is 5.64. The first-order valence-corrected chi connectivity index (χ1v) is 7.23. The predicted molar refractivity (Wildman–Crippen MR) is 77.8 cm³/mol. The number of halogens is 3. The smallest absolute Gasteiger partial charge is 0.215 e. The first kappa shape index (κ1) is 14.4. The van der Waals surface area contributed by atoms with E-state index in [1.165, 1.54) is 12.1 Å². The van der Waals surface area contributed by atoms with Gasteiger partial charge in [-0.05, 0) is 48.0 Å². The number of carbonyl (C=O) groups is 1. The van der Waals surface area contributed by atoms with Gasteiger partial charge >= 0.3 is 0 Å². The maximum absolute atomic E-state index is 13.8. The summed E-state index contributed by atoms with van der Waals surface area (Å²) < 4.78 is 16.6. The van der Waals surface area contributed by atoms with E-state index in [1.54, 1.807) is 16.9 Å². The van der Waals surface area contributed by atoms with Crippen LogP contribution in [0.3, 0.4) is 0 Å². The summed E-state index contributed by atoms with van der Waals surface area (Å²) in [5.74, 6) is -0.937. The highest BCUT2D eigenvalue weighted by atomic mass is 79.9. The Balaban J connectivity index is 2.56. The molecule has 6 heteroatoms. The molecule has 0 N–H and O–H groups in total. The van der Waals surface area contributed by atoms with E-state index in [4.69, 9.17) is 0 Å². The van der Waals surface area contributed by atoms with Gasteiger partial charge in [-0.25, -0.2) is 4.39 Å². The van der Waals surface area contributed by atoms with Crippen LogP contribution in [0.4, 0.5) is 4.39 Å². The van der Waals surface area contributed by atoms with Gasteiger partial charge in [-0.15, -0.1) is 0 Å². The molecular weight excluding hydrogens is 379 g/mol. The number of benzene rings is 1. The second kappa shape index (κ2) is 5.54. The van der Waals surface area contributed by atoms with Crippen LogP contribution < -0.4 is 0 Å². The third-order valence-corrected chi connectivity index (χ3v) is 3.70. The topological polar surface area (TPSA) is 34.9 Å². The van der Waals surface area contributed by atoms with Crippen molar-refractivity contribution in [3.05, 3.63) is 50.4 Å². The van der Waals surface area contributed by atoms with Crippen molar-refractivity contribution in [2.24, 2.45) is 0 Å². The van der Waals surface area contributed by atoms with Gasteiger partial charge in [-0.2, -0.15) is 5.10 Å². The van der Waals surface area contributed by atoms with E-state index >= 15 is 0 Å². The second-order valence-electron chi connectivity index (χ2n) is 4.33. The molecule has 100 valence electrons. The number of nitrogens with zero attached hydrogens (tertiary/aromatic N) is 2. The van der Waals surface area contributed by atoms with E-state index < -0.39 is 11.6 Å². The van der Waals surface area contributed by atoms with Gasteiger partial charge < -0.3 is 0 Å². The van der Waals surface area contributed by atoms with Gasteiger partial charge in [0.2, 0.25) is 5.78 Å². The molecule has 1 aromatic heterocycles.